The lowest BCUT2D eigenvalue weighted by atomic mass is 10.1. The highest BCUT2D eigenvalue weighted by Gasteiger charge is 2.11. The lowest BCUT2D eigenvalue weighted by Crippen LogP contribution is -2.29. The van der Waals surface area contributed by atoms with E-state index in [1.54, 1.807) is 17.0 Å². The van der Waals surface area contributed by atoms with E-state index < -0.39 is 6.04 Å². The van der Waals surface area contributed by atoms with Gasteiger partial charge in [-0.15, -0.1) is 0 Å². The fourth-order valence-corrected chi connectivity index (χ4v) is 2.46. The van der Waals surface area contributed by atoms with E-state index in [-0.39, 0.29) is 12.5 Å². The topological polar surface area (TPSA) is 67.2 Å². The van der Waals surface area contributed by atoms with Crippen molar-refractivity contribution in [2.75, 3.05) is 6.61 Å². The Bertz CT molecular complexity index is 842. The van der Waals surface area contributed by atoms with Crippen molar-refractivity contribution in [3.05, 3.63) is 90.3 Å². The van der Waals surface area contributed by atoms with Gasteiger partial charge in [0.25, 0.3) is 0 Å². The van der Waals surface area contributed by atoms with Gasteiger partial charge in [0.2, 0.25) is 5.91 Å². The summed E-state index contributed by atoms with van der Waals surface area (Å²) in [7, 11) is 0. The highest BCUT2D eigenvalue weighted by atomic mass is 16.3. The fourth-order valence-electron chi connectivity index (χ4n) is 2.46. The summed E-state index contributed by atoms with van der Waals surface area (Å²) in [5.41, 5.74) is 2.64. The first-order valence-corrected chi connectivity index (χ1v) is 8.01. The molecule has 0 radical (unpaired) electrons. The summed E-state index contributed by atoms with van der Waals surface area (Å²) in [5, 5.41) is 16.6. The van der Waals surface area contributed by atoms with Gasteiger partial charge in [-0.3, -0.25) is 4.79 Å². The maximum atomic E-state index is 12.1. The molecule has 0 fully saturated rings. The lowest BCUT2D eigenvalue weighted by molar-refractivity contribution is -0.117. The first-order valence-electron chi connectivity index (χ1n) is 8.01. The van der Waals surface area contributed by atoms with Crippen molar-refractivity contribution in [1.82, 2.24) is 15.1 Å². The summed E-state index contributed by atoms with van der Waals surface area (Å²) in [5.74, 6) is -0.268. The van der Waals surface area contributed by atoms with Crippen molar-refractivity contribution in [1.29, 1.82) is 0 Å². The molecule has 0 aliphatic carbocycles. The minimum atomic E-state index is -0.426. The molecule has 0 saturated carbocycles. The predicted octanol–water partition coefficient (Wildman–Crippen LogP) is 2.74. The molecule has 1 heterocycles. The highest BCUT2D eigenvalue weighted by Crippen LogP contribution is 2.12. The number of carbonyl (C=O) groups excluding carboxylic acids is 1. The zero-order valence-electron chi connectivity index (χ0n) is 13.6. The molecule has 126 valence electrons. The SMILES string of the molecule is O=C(/C=C/c1cnn(-c2ccccc2)c1)NC(CO)c1ccccc1. The van der Waals surface area contributed by atoms with E-state index in [1.165, 1.54) is 6.08 Å². The maximum absolute atomic E-state index is 12.1. The van der Waals surface area contributed by atoms with Crippen molar-refractivity contribution in [3.8, 4) is 5.69 Å². The molecule has 3 rings (SSSR count). The number of para-hydroxylation sites is 1. The third-order valence-corrected chi connectivity index (χ3v) is 3.75. The average molecular weight is 333 g/mol. The fraction of sp³-hybridized carbons (Fsp3) is 0.100. The third-order valence-electron chi connectivity index (χ3n) is 3.75. The Balaban J connectivity index is 1.64. The van der Waals surface area contributed by atoms with E-state index in [4.69, 9.17) is 0 Å². The quantitative estimate of drug-likeness (QED) is 0.682. The van der Waals surface area contributed by atoms with Crippen LogP contribution in [0.2, 0.25) is 0 Å². The number of aliphatic hydroxyl groups excluding tert-OH is 1. The van der Waals surface area contributed by atoms with Crippen molar-refractivity contribution < 1.29 is 9.90 Å². The number of amides is 1. The standard InChI is InChI=1S/C20H19N3O2/c24-15-19(17-7-3-1-4-8-17)22-20(25)12-11-16-13-21-23(14-16)18-9-5-2-6-10-18/h1-14,19,24H,15H2,(H,22,25)/b12-11+. The average Bonchev–Trinajstić information content (AvgIpc) is 3.15. The summed E-state index contributed by atoms with van der Waals surface area (Å²) in [6, 6.07) is 18.7. The van der Waals surface area contributed by atoms with E-state index in [1.807, 2.05) is 66.9 Å². The molecule has 2 N–H and O–H groups in total. The molecule has 25 heavy (non-hydrogen) atoms. The second-order valence-electron chi connectivity index (χ2n) is 5.54. The van der Waals surface area contributed by atoms with Gasteiger partial charge in [-0.2, -0.15) is 5.10 Å². The first-order chi connectivity index (χ1) is 12.3. The third kappa shape index (κ3) is 4.43. The van der Waals surface area contributed by atoms with Crippen LogP contribution in [0.1, 0.15) is 17.2 Å². The summed E-state index contributed by atoms with van der Waals surface area (Å²) in [6.07, 6.45) is 6.68. The number of aromatic nitrogens is 2. The molecule has 0 spiro atoms. The van der Waals surface area contributed by atoms with Crippen LogP contribution in [0, 0.1) is 0 Å². The molecular formula is C20H19N3O2. The molecule has 2 aromatic carbocycles. The van der Waals surface area contributed by atoms with E-state index >= 15 is 0 Å². The molecule has 0 aliphatic heterocycles. The van der Waals surface area contributed by atoms with E-state index in [2.05, 4.69) is 10.4 Å². The number of rotatable bonds is 6. The molecule has 5 heteroatoms. The van der Waals surface area contributed by atoms with Gasteiger partial charge in [0.1, 0.15) is 0 Å². The number of aliphatic hydroxyl groups is 1. The zero-order chi connectivity index (χ0) is 17.5. The van der Waals surface area contributed by atoms with Crippen LogP contribution in [-0.2, 0) is 4.79 Å². The smallest absolute Gasteiger partial charge is 0.244 e. The van der Waals surface area contributed by atoms with E-state index in [0.29, 0.717) is 0 Å². The number of hydrogen-bond acceptors (Lipinski definition) is 3. The second kappa shape index (κ2) is 8.08. The Morgan fingerprint density at radius 3 is 2.48 bits per heavy atom. The largest absolute Gasteiger partial charge is 0.394 e. The van der Waals surface area contributed by atoms with Crippen molar-refractivity contribution in [2.45, 2.75) is 6.04 Å². The van der Waals surface area contributed by atoms with Crippen molar-refractivity contribution >= 4 is 12.0 Å². The van der Waals surface area contributed by atoms with Gasteiger partial charge in [-0.1, -0.05) is 48.5 Å². The van der Waals surface area contributed by atoms with Crippen LogP contribution in [0.25, 0.3) is 11.8 Å². The Morgan fingerprint density at radius 2 is 1.80 bits per heavy atom. The number of nitrogens with one attached hydrogen (secondary N) is 1. The minimum absolute atomic E-state index is 0.157. The van der Waals surface area contributed by atoms with Crippen LogP contribution in [0.5, 0.6) is 0 Å². The molecule has 0 saturated heterocycles. The van der Waals surface area contributed by atoms with Crippen LogP contribution in [0.15, 0.2) is 79.1 Å². The monoisotopic (exact) mass is 333 g/mol. The van der Waals surface area contributed by atoms with Crippen LogP contribution >= 0.6 is 0 Å². The van der Waals surface area contributed by atoms with Crippen LogP contribution < -0.4 is 5.32 Å². The minimum Gasteiger partial charge on any atom is -0.394 e. The van der Waals surface area contributed by atoms with Gasteiger partial charge < -0.3 is 10.4 Å². The summed E-state index contributed by atoms with van der Waals surface area (Å²) in [4.78, 5) is 12.1. The highest BCUT2D eigenvalue weighted by molar-refractivity contribution is 5.91. The molecule has 5 nitrogen and oxygen atoms in total. The van der Waals surface area contributed by atoms with Crippen LogP contribution in [-0.4, -0.2) is 27.4 Å². The summed E-state index contributed by atoms with van der Waals surface area (Å²) in [6.45, 7) is -0.157. The van der Waals surface area contributed by atoms with Gasteiger partial charge in [-0.05, 0) is 23.8 Å². The number of hydrogen-bond donors (Lipinski definition) is 2. The molecule has 3 aromatic rings. The number of carbonyl (C=O) groups is 1. The summed E-state index contributed by atoms with van der Waals surface area (Å²) >= 11 is 0. The Hall–Kier alpha value is -3.18. The van der Waals surface area contributed by atoms with Crippen LogP contribution in [0.4, 0.5) is 0 Å². The summed E-state index contributed by atoms with van der Waals surface area (Å²) < 4.78 is 1.75. The second-order valence-corrected chi connectivity index (χ2v) is 5.54. The Kier molecular flexibility index (Phi) is 5.39. The molecule has 1 amide bonds. The zero-order valence-corrected chi connectivity index (χ0v) is 13.6. The number of nitrogens with zero attached hydrogens (tertiary/aromatic N) is 2. The normalized spacial score (nSPS) is 12.2. The van der Waals surface area contributed by atoms with Crippen molar-refractivity contribution in [2.24, 2.45) is 0 Å². The molecule has 0 aliphatic rings. The molecule has 1 atom stereocenters. The Morgan fingerprint density at radius 1 is 1.12 bits per heavy atom. The first kappa shape index (κ1) is 16.7. The van der Waals surface area contributed by atoms with Gasteiger partial charge in [0.05, 0.1) is 24.5 Å². The van der Waals surface area contributed by atoms with Crippen LogP contribution in [0.3, 0.4) is 0 Å². The Labute approximate surface area is 146 Å². The number of benzene rings is 2. The molecule has 1 aromatic heterocycles. The van der Waals surface area contributed by atoms with Gasteiger partial charge in [0, 0.05) is 17.8 Å². The molecular weight excluding hydrogens is 314 g/mol. The maximum Gasteiger partial charge on any atom is 0.244 e. The molecule has 1 unspecified atom stereocenters. The van der Waals surface area contributed by atoms with Gasteiger partial charge in [0.15, 0.2) is 0 Å². The van der Waals surface area contributed by atoms with Gasteiger partial charge >= 0.3 is 0 Å². The molecule has 0 bridgehead atoms. The van der Waals surface area contributed by atoms with Crippen molar-refractivity contribution in [3.63, 3.8) is 0 Å². The van der Waals surface area contributed by atoms with E-state index in [9.17, 15) is 9.90 Å². The van der Waals surface area contributed by atoms with E-state index in [0.717, 1.165) is 16.8 Å². The lowest BCUT2D eigenvalue weighted by Gasteiger charge is -2.15. The van der Waals surface area contributed by atoms with Gasteiger partial charge in [-0.25, -0.2) is 4.68 Å². The predicted molar refractivity (Wildman–Crippen MR) is 97.0 cm³/mol.